The number of rotatable bonds is 5. The summed E-state index contributed by atoms with van der Waals surface area (Å²) < 4.78 is 27.7. The number of aromatic nitrogens is 2. The van der Waals surface area contributed by atoms with E-state index in [0.717, 1.165) is 29.2 Å². The highest BCUT2D eigenvalue weighted by molar-refractivity contribution is 7.89. The second kappa shape index (κ2) is 7.82. The van der Waals surface area contributed by atoms with Crippen LogP contribution in [0.2, 0.25) is 0 Å². The minimum absolute atomic E-state index is 0.400. The Morgan fingerprint density at radius 2 is 1.74 bits per heavy atom. The van der Waals surface area contributed by atoms with Gasteiger partial charge in [-0.3, -0.25) is 0 Å². The van der Waals surface area contributed by atoms with Gasteiger partial charge in [0, 0.05) is 44.5 Å². The molecule has 7 nitrogen and oxygen atoms in total. The summed E-state index contributed by atoms with van der Waals surface area (Å²) in [4.78, 5) is 11.5. The molecule has 0 saturated carbocycles. The van der Waals surface area contributed by atoms with Gasteiger partial charge in [-0.1, -0.05) is 12.1 Å². The molecule has 1 aromatic heterocycles. The third-order valence-electron chi connectivity index (χ3n) is 4.68. The van der Waals surface area contributed by atoms with Crippen LogP contribution in [0, 0.1) is 20.8 Å². The number of hydrogen-bond donors (Lipinski definition) is 1. The average Bonchev–Trinajstić information content (AvgIpc) is 2.63. The Balaban J connectivity index is 1.76. The Labute approximate surface area is 161 Å². The minimum atomic E-state index is -3.49. The molecule has 1 saturated heterocycles. The number of benzene rings is 1. The van der Waals surface area contributed by atoms with Crippen LogP contribution in [0.1, 0.15) is 23.7 Å². The molecule has 1 aliphatic rings. The van der Waals surface area contributed by atoms with E-state index in [1.54, 1.807) is 10.4 Å². The lowest BCUT2D eigenvalue weighted by Crippen LogP contribution is -2.49. The maximum Gasteiger partial charge on any atom is 0.243 e. The monoisotopic (exact) mass is 389 g/mol. The predicted octanol–water partition coefficient (Wildman–Crippen LogP) is 2.34. The lowest BCUT2D eigenvalue weighted by Gasteiger charge is -2.34. The number of aryl methyl sites for hydroxylation is 3. The van der Waals surface area contributed by atoms with Gasteiger partial charge >= 0.3 is 0 Å². The lowest BCUT2D eigenvalue weighted by molar-refractivity contribution is 0.382. The third-order valence-corrected chi connectivity index (χ3v) is 6.72. The molecule has 1 fully saturated rings. The zero-order valence-corrected chi connectivity index (χ0v) is 17.2. The quantitative estimate of drug-likeness (QED) is 0.846. The molecule has 2 aromatic rings. The van der Waals surface area contributed by atoms with E-state index in [2.05, 4.69) is 15.3 Å². The molecular formula is C19H27N5O2S. The van der Waals surface area contributed by atoms with Crippen molar-refractivity contribution >= 4 is 21.8 Å². The molecular weight excluding hydrogens is 362 g/mol. The van der Waals surface area contributed by atoms with E-state index < -0.39 is 10.0 Å². The van der Waals surface area contributed by atoms with E-state index in [1.165, 1.54) is 0 Å². The molecule has 27 heavy (non-hydrogen) atoms. The summed E-state index contributed by atoms with van der Waals surface area (Å²) in [5.74, 6) is 1.44. The first-order valence-electron chi connectivity index (χ1n) is 9.23. The van der Waals surface area contributed by atoms with E-state index in [4.69, 9.17) is 0 Å². The maximum atomic E-state index is 13.1. The van der Waals surface area contributed by atoms with Crippen LogP contribution in [-0.4, -0.2) is 55.4 Å². The van der Waals surface area contributed by atoms with E-state index >= 15 is 0 Å². The molecule has 2 heterocycles. The Morgan fingerprint density at radius 1 is 1.04 bits per heavy atom. The predicted molar refractivity (Wildman–Crippen MR) is 108 cm³/mol. The molecule has 0 atom stereocenters. The second-order valence-corrected chi connectivity index (χ2v) is 8.79. The summed E-state index contributed by atoms with van der Waals surface area (Å²) in [6, 6.07) is 7.46. The molecule has 1 N–H and O–H groups in total. The molecule has 0 bridgehead atoms. The highest BCUT2D eigenvalue weighted by atomic mass is 32.2. The van der Waals surface area contributed by atoms with Gasteiger partial charge in [-0.2, -0.15) is 9.29 Å². The van der Waals surface area contributed by atoms with Gasteiger partial charge in [0.05, 0.1) is 4.90 Å². The van der Waals surface area contributed by atoms with Crippen molar-refractivity contribution in [1.82, 2.24) is 14.3 Å². The standard InChI is InChI=1S/C19H27N5O2S/c1-5-20-18-13-16(4)21-19(22-18)23-8-10-24(11-9-23)27(25,26)17-12-14(2)6-7-15(17)3/h6-7,12-13H,5,8-11H2,1-4H3,(H,20,21,22). The number of nitrogens with zero attached hydrogens (tertiary/aromatic N) is 4. The fraction of sp³-hybridized carbons (Fsp3) is 0.474. The van der Waals surface area contributed by atoms with E-state index in [0.29, 0.717) is 37.0 Å². The van der Waals surface area contributed by atoms with Crippen molar-refractivity contribution in [2.45, 2.75) is 32.6 Å². The number of nitrogens with one attached hydrogen (secondary N) is 1. The first kappa shape index (κ1) is 19.6. The molecule has 0 spiro atoms. The van der Waals surface area contributed by atoms with Crippen LogP contribution in [0.25, 0.3) is 0 Å². The second-order valence-electron chi connectivity index (χ2n) is 6.88. The Hall–Kier alpha value is -2.19. The van der Waals surface area contributed by atoms with Gasteiger partial charge in [-0.05, 0) is 44.9 Å². The van der Waals surface area contributed by atoms with Crippen molar-refractivity contribution in [2.75, 3.05) is 42.9 Å². The van der Waals surface area contributed by atoms with Gasteiger partial charge in [-0.15, -0.1) is 0 Å². The van der Waals surface area contributed by atoms with E-state index in [1.807, 2.05) is 50.8 Å². The summed E-state index contributed by atoms with van der Waals surface area (Å²) >= 11 is 0. The molecule has 146 valence electrons. The molecule has 3 rings (SSSR count). The molecule has 0 radical (unpaired) electrons. The Bertz CT molecular complexity index is 922. The summed E-state index contributed by atoms with van der Waals surface area (Å²) in [5.41, 5.74) is 2.61. The van der Waals surface area contributed by atoms with Crippen LogP contribution in [0.4, 0.5) is 11.8 Å². The van der Waals surface area contributed by atoms with Gasteiger partial charge in [0.25, 0.3) is 0 Å². The average molecular weight is 390 g/mol. The smallest absolute Gasteiger partial charge is 0.243 e. The summed E-state index contributed by atoms with van der Waals surface area (Å²) in [7, 11) is -3.49. The fourth-order valence-electron chi connectivity index (χ4n) is 3.22. The van der Waals surface area contributed by atoms with Gasteiger partial charge in [-0.25, -0.2) is 13.4 Å². The first-order valence-corrected chi connectivity index (χ1v) is 10.7. The van der Waals surface area contributed by atoms with Crippen molar-refractivity contribution in [3.63, 3.8) is 0 Å². The van der Waals surface area contributed by atoms with Crippen molar-refractivity contribution < 1.29 is 8.42 Å². The molecule has 8 heteroatoms. The molecule has 1 aromatic carbocycles. The van der Waals surface area contributed by atoms with Crippen LogP contribution >= 0.6 is 0 Å². The van der Waals surface area contributed by atoms with Gasteiger partial charge in [0.15, 0.2) is 0 Å². The molecule has 1 aliphatic heterocycles. The van der Waals surface area contributed by atoms with Crippen LogP contribution in [-0.2, 0) is 10.0 Å². The highest BCUT2D eigenvalue weighted by Crippen LogP contribution is 2.23. The van der Waals surface area contributed by atoms with Crippen LogP contribution in [0.3, 0.4) is 0 Å². The summed E-state index contributed by atoms with van der Waals surface area (Å²) in [6.45, 7) is 10.5. The van der Waals surface area contributed by atoms with Crippen molar-refractivity contribution in [2.24, 2.45) is 0 Å². The van der Waals surface area contributed by atoms with Crippen molar-refractivity contribution in [3.05, 3.63) is 41.1 Å². The largest absolute Gasteiger partial charge is 0.370 e. The van der Waals surface area contributed by atoms with Crippen LogP contribution < -0.4 is 10.2 Å². The number of piperazine rings is 1. The Morgan fingerprint density at radius 3 is 2.41 bits per heavy atom. The van der Waals surface area contributed by atoms with Crippen molar-refractivity contribution in [3.8, 4) is 0 Å². The zero-order valence-electron chi connectivity index (χ0n) is 16.4. The number of sulfonamides is 1. The zero-order chi connectivity index (χ0) is 19.6. The normalized spacial score (nSPS) is 15.8. The lowest BCUT2D eigenvalue weighted by atomic mass is 10.2. The third kappa shape index (κ3) is 4.22. The SMILES string of the molecule is CCNc1cc(C)nc(N2CCN(S(=O)(=O)c3cc(C)ccc3C)CC2)n1. The molecule has 0 unspecified atom stereocenters. The Kier molecular flexibility index (Phi) is 5.67. The van der Waals surface area contributed by atoms with E-state index in [9.17, 15) is 8.42 Å². The van der Waals surface area contributed by atoms with E-state index in [-0.39, 0.29) is 0 Å². The topological polar surface area (TPSA) is 78.4 Å². The minimum Gasteiger partial charge on any atom is -0.370 e. The van der Waals surface area contributed by atoms with Gasteiger partial charge in [0.2, 0.25) is 16.0 Å². The molecule has 0 amide bonds. The molecule has 0 aliphatic carbocycles. The highest BCUT2D eigenvalue weighted by Gasteiger charge is 2.30. The fourth-order valence-corrected chi connectivity index (χ4v) is 4.95. The van der Waals surface area contributed by atoms with Crippen molar-refractivity contribution in [1.29, 1.82) is 0 Å². The summed E-state index contributed by atoms with van der Waals surface area (Å²) in [6.07, 6.45) is 0. The summed E-state index contributed by atoms with van der Waals surface area (Å²) in [5, 5.41) is 3.21. The number of hydrogen-bond acceptors (Lipinski definition) is 6. The van der Waals surface area contributed by atoms with Crippen LogP contribution in [0.5, 0.6) is 0 Å². The van der Waals surface area contributed by atoms with Gasteiger partial charge < -0.3 is 10.2 Å². The first-order chi connectivity index (χ1) is 12.8. The van der Waals surface area contributed by atoms with Gasteiger partial charge in [0.1, 0.15) is 5.82 Å². The maximum absolute atomic E-state index is 13.1. The number of anilines is 2. The van der Waals surface area contributed by atoms with Crippen LogP contribution in [0.15, 0.2) is 29.2 Å².